The third-order valence-electron chi connectivity index (χ3n) is 3.15. The summed E-state index contributed by atoms with van der Waals surface area (Å²) >= 11 is 0. The van der Waals surface area contributed by atoms with Crippen LogP contribution in [0.1, 0.15) is 23.1 Å². The van der Waals surface area contributed by atoms with Crippen LogP contribution in [0, 0.1) is 0 Å². The zero-order valence-corrected chi connectivity index (χ0v) is 12.0. The van der Waals surface area contributed by atoms with Gasteiger partial charge in [-0.05, 0) is 31.8 Å². The van der Waals surface area contributed by atoms with E-state index in [4.69, 9.17) is 9.52 Å². The van der Waals surface area contributed by atoms with Gasteiger partial charge < -0.3 is 19.7 Å². The molecule has 0 amide bonds. The van der Waals surface area contributed by atoms with E-state index in [1.807, 2.05) is 12.1 Å². The quantitative estimate of drug-likeness (QED) is 0.812. The summed E-state index contributed by atoms with van der Waals surface area (Å²) in [5, 5.41) is 12.5. The molecule has 4 heteroatoms. The third-order valence-corrected chi connectivity index (χ3v) is 3.15. The Labute approximate surface area is 120 Å². The second kappa shape index (κ2) is 7.24. The van der Waals surface area contributed by atoms with Crippen LogP contribution >= 0.6 is 0 Å². The first-order valence-corrected chi connectivity index (χ1v) is 6.80. The maximum atomic E-state index is 9.00. The SMILES string of the molecule is CN(C)CC(NCc1ccc(CO)o1)c1ccccc1. The van der Waals surface area contributed by atoms with Gasteiger partial charge in [0.05, 0.1) is 6.54 Å². The highest BCUT2D eigenvalue weighted by molar-refractivity contribution is 5.19. The fourth-order valence-corrected chi connectivity index (χ4v) is 2.16. The first kappa shape index (κ1) is 14.8. The van der Waals surface area contributed by atoms with E-state index >= 15 is 0 Å². The van der Waals surface area contributed by atoms with Crippen molar-refractivity contribution in [2.45, 2.75) is 19.2 Å². The van der Waals surface area contributed by atoms with Crippen LogP contribution in [0.25, 0.3) is 0 Å². The smallest absolute Gasteiger partial charge is 0.129 e. The van der Waals surface area contributed by atoms with Crippen LogP contribution in [0.4, 0.5) is 0 Å². The molecule has 0 aliphatic heterocycles. The van der Waals surface area contributed by atoms with Crippen LogP contribution in [0.5, 0.6) is 0 Å². The Morgan fingerprint density at radius 2 is 1.80 bits per heavy atom. The third kappa shape index (κ3) is 4.20. The predicted molar refractivity (Wildman–Crippen MR) is 79.2 cm³/mol. The fourth-order valence-electron chi connectivity index (χ4n) is 2.16. The van der Waals surface area contributed by atoms with Crippen LogP contribution in [0.2, 0.25) is 0 Å². The average Bonchev–Trinajstić information content (AvgIpc) is 2.92. The molecule has 0 saturated carbocycles. The second-order valence-corrected chi connectivity index (χ2v) is 5.13. The Bertz CT molecular complexity index is 508. The largest absolute Gasteiger partial charge is 0.462 e. The second-order valence-electron chi connectivity index (χ2n) is 5.13. The molecule has 0 fully saturated rings. The number of hydrogen-bond donors (Lipinski definition) is 2. The molecule has 2 N–H and O–H groups in total. The maximum absolute atomic E-state index is 9.00. The highest BCUT2D eigenvalue weighted by Crippen LogP contribution is 2.15. The summed E-state index contributed by atoms with van der Waals surface area (Å²) in [5.74, 6) is 1.44. The van der Waals surface area contributed by atoms with Gasteiger partial charge in [0.15, 0.2) is 0 Å². The van der Waals surface area contributed by atoms with E-state index in [0.717, 1.165) is 12.3 Å². The normalized spacial score (nSPS) is 12.8. The minimum Gasteiger partial charge on any atom is -0.462 e. The van der Waals surface area contributed by atoms with Gasteiger partial charge in [-0.15, -0.1) is 0 Å². The lowest BCUT2D eigenvalue weighted by molar-refractivity contribution is 0.241. The highest BCUT2D eigenvalue weighted by Gasteiger charge is 2.12. The molecule has 20 heavy (non-hydrogen) atoms. The lowest BCUT2D eigenvalue weighted by Gasteiger charge is -2.22. The fraction of sp³-hybridized carbons (Fsp3) is 0.375. The maximum Gasteiger partial charge on any atom is 0.129 e. The molecule has 0 radical (unpaired) electrons. The molecule has 2 rings (SSSR count). The first-order chi connectivity index (χ1) is 9.69. The summed E-state index contributed by atoms with van der Waals surface area (Å²) in [6.07, 6.45) is 0. The van der Waals surface area contributed by atoms with Crippen molar-refractivity contribution in [2.75, 3.05) is 20.6 Å². The molecule has 108 valence electrons. The molecule has 2 aromatic rings. The highest BCUT2D eigenvalue weighted by atomic mass is 16.4. The van der Waals surface area contributed by atoms with Gasteiger partial charge in [0.1, 0.15) is 18.1 Å². The van der Waals surface area contributed by atoms with E-state index in [0.29, 0.717) is 12.3 Å². The number of rotatable bonds is 7. The van der Waals surface area contributed by atoms with E-state index in [2.05, 4.69) is 48.6 Å². The van der Waals surface area contributed by atoms with E-state index < -0.39 is 0 Å². The van der Waals surface area contributed by atoms with Crippen molar-refractivity contribution < 1.29 is 9.52 Å². The Hall–Kier alpha value is -1.62. The number of benzene rings is 1. The average molecular weight is 274 g/mol. The van der Waals surface area contributed by atoms with E-state index in [-0.39, 0.29) is 12.6 Å². The topological polar surface area (TPSA) is 48.6 Å². The lowest BCUT2D eigenvalue weighted by atomic mass is 10.1. The van der Waals surface area contributed by atoms with Crippen molar-refractivity contribution in [3.8, 4) is 0 Å². The predicted octanol–water partition coefficient (Wildman–Crippen LogP) is 2.16. The van der Waals surface area contributed by atoms with Crippen molar-refractivity contribution in [3.63, 3.8) is 0 Å². The number of nitrogens with one attached hydrogen (secondary N) is 1. The van der Waals surface area contributed by atoms with Gasteiger partial charge in [-0.25, -0.2) is 0 Å². The van der Waals surface area contributed by atoms with Crippen molar-refractivity contribution in [2.24, 2.45) is 0 Å². The molecule has 1 aromatic carbocycles. The molecular weight excluding hydrogens is 252 g/mol. The molecule has 1 aromatic heterocycles. The molecule has 0 bridgehead atoms. The number of nitrogens with zero attached hydrogens (tertiary/aromatic N) is 1. The summed E-state index contributed by atoms with van der Waals surface area (Å²) in [5.41, 5.74) is 1.26. The van der Waals surface area contributed by atoms with Crippen LogP contribution in [0.3, 0.4) is 0 Å². The van der Waals surface area contributed by atoms with Crippen molar-refractivity contribution >= 4 is 0 Å². The van der Waals surface area contributed by atoms with E-state index in [1.54, 1.807) is 6.07 Å². The zero-order valence-electron chi connectivity index (χ0n) is 12.0. The van der Waals surface area contributed by atoms with E-state index in [1.165, 1.54) is 5.56 Å². The molecule has 0 spiro atoms. The van der Waals surface area contributed by atoms with Gasteiger partial charge in [-0.3, -0.25) is 0 Å². The Morgan fingerprint density at radius 1 is 1.10 bits per heavy atom. The van der Waals surface area contributed by atoms with Gasteiger partial charge >= 0.3 is 0 Å². The van der Waals surface area contributed by atoms with Gasteiger partial charge in [0, 0.05) is 12.6 Å². The minimum absolute atomic E-state index is 0.0557. The zero-order chi connectivity index (χ0) is 14.4. The Morgan fingerprint density at radius 3 is 2.40 bits per heavy atom. The van der Waals surface area contributed by atoms with Crippen LogP contribution in [-0.2, 0) is 13.2 Å². The van der Waals surface area contributed by atoms with E-state index in [9.17, 15) is 0 Å². The van der Waals surface area contributed by atoms with Crippen LogP contribution < -0.4 is 5.32 Å². The molecule has 1 atom stereocenters. The van der Waals surface area contributed by atoms with Gasteiger partial charge in [-0.2, -0.15) is 0 Å². The number of aliphatic hydroxyl groups is 1. The minimum atomic E-state index is -0.0557. The summed E-state index contributed by atoms with van der Waals surface area (Å²) < 4.78 is 5.50. The molecular formula is C16H22N2O2. The van der Waals surface area contributed by atoms with Crippen LogP contribution in [-0.4, -0.2) is 30.6 Å². The number of likely N-dealkylation sites (N-methyl/N-ethyl adjacent to an activating group) is 1. The standard InChI is InChI=1S/C16H22N2O2/c1-18(2)11-16(13-6-4-3-5-7-13)17-10-14-8-9-15(12-19)20-14/h3-9,16-17,19H,10-12H2,1-2H3. The lowest BCUT2D eigenvalue weighted by Crippen LogP contribution is -2.30. The van der Waals surface area contributed by atoms with Crippen molar-refractivity contribution in [3.05, 3.63) is 59.5 Å². The van der Waals surface area contributed by atoms with Gasteiger partial charge in [-0.1, -0.05) is 30.3 Å². The molecule has 0 saturated heterocycles. The summed E-state index contributed by atoms with van der Waals surface area (Å²) in [6, 6.07) is 14.3. The molecule has 0 aliphatic carbocycles. The number of hydrogen-bond acceptors (Lipinski definition) is 4. The number of furan rings is 1. The van der Waals surface area contributed by atoms with Crippen molar-refractivity contribution in [1.82, 2.24) is 10.2 Å². The monoisotopic (exact) mass is 274 g/mol. The molecule has 1 heterocycles. The van der Waals surface area contributed by atoms with Gasteiger partial charge in [0.2, 0.25) is 0 Å². The molecule has 0 aliphatic rings. The van der Waals surface area contributed by atoms with Crippen molar-refractivity contribution in [1.29, 1.82) is 0 Å². The summed E-state index contributed by atoms with van der Waals surface area (Å²) in [6.45, 7) is 1.50. The Balaban J connectivity index is 2.01. The molecule has 1 unspecified atom stereocenters. The van der Waals surface area contributed by atoms with Gasteiger partial charge in [0.25, 0.3) is 0 Å². The Kier molecular flexibility index (Phi) is 5.35. The summed E-state index contributed by atoms with van der Waals surface area (Å²) in [7, 11) is 4.13. The van der Waals surface area contributed by atoms with Crippen LogP contribution in [0.15, 0.2) is 46.9 Å². The first-order valence-electron chi connectivity index (χ1n) is 6.80. The number of aliphatic hydroxyl groups excluding tert-OH is 1. The summed E-state index contributed by atoms with van der Waals surface area (Å²) in [4.78, 5) is 2.16. The molecule has 4 nitrogen and oxygen atoms in total.